The molecule has 0 aromatic heterocycles. The van der Waals surface area contributed by atoms with E-state index in [1.165, 1.54) is 5.56 Å². The Morgan fingerprint density at radius 2 is 2.20 bits per heavy atom. The van der Waals surface area contributed by atoms with Gasteiger partial charge in [0.15, 0.2) is 0 Å². The fraction of sp³-hybridized carbons (Fsp3) is 0.562. The van der Waals surface area contributed by atoms with Crippen molar-refractivity contribution in [1.82, 2.24) is 4.90 Å². The summed E-state index contributed by atoms with van der Waals surface area (Å²) in [5.74, 6) is 1.28. The molecule has 1 heterocycles. The van der Waals surface area contributed by atoms with Gasteiger partial charge in [0.2, 0.25) is 5.91 Å². The Bertz CT molecular complexity index is 473. The highest BCUT2D eigenvalue weighted by molar-refractivity contribution is 5.73. The zero-order chi connectivity index (χ0) is 14.7. The third-order valence-electron chi connectivity index (χ3n) is 3.87. The number of amides is 1. The summed E-state index contributed by atoms with van der Waals surface area (Å²) in [6.07, 6.45) is -0.133. The van der Waals surface area contributed by atoms with E-state index in [1.807, 2.05) is 18.2 Å². The quantitative estimate of drug-likeness (QED) is 0.916. The van der Waals surface area contributed by atoms with E-state index in [0.29, 0.717) is 19.0 Å². The Kier molecular flexibility index (Phi) is 4.65. The van der Waals surface area contributed by atoms with Crippen molar-refractivity contribution in [2.75, 3.05) is 19.7 Å². The van der Waals surface area contributed by atoms with Crippen LogP contribution in [0.5, 0.6) is 5.75 Å². The summed E-state index contributed by atoms with van der Waals surface area (Å²) in [7, 11) is 0. The van der Waals surface area contributed by atoms with Crippen molar-refractivity contribution in [3.05, 3.63) is 29.8 Å². The Morgan fingerprint density at radius 1 is 1.45 bits per heavy atom. The second-order valence-electron chi connectivity index (χ2n) is 5.75. The number of rotatable bonds is 4. The van der Waals surface area contributed by atoms with Gasteiger partial charge in [0.1, 0.15) is 11.9 Å². The van der Waals surface area contributed by atoms with E-state index in [1.54, 1.807) is 11.8 Å². The van der Waals surface area contributed by atoms with Gasteiger partial charge in [-0.05, 0) is 23.6 Å². The molecule has 1 saturated heterocycles. The predicted molar refractivity (Wildman–Crippen MR) is 77.8 cm³/mol. The first-order valence-corrected chi connectivity index (χ1v) is 7.14. The van der Waals surface area contributed by atoms with Gasteiger partial charge in [0.05, 0.1) is 13.2 Å². The molecule has 1 aromatic carbocycles. The lowest BCUT2D eigenvalue weighted by atomic mass is 10.0. The number of hydrogen-bond donors (Lipinski definition) is 1. The summed E-state index contributed by atoms with van der Waals surface area (Å²) in [5.41, 5.74) is 1.23. The van der Waals surface area contributed by atoms with E-state index in [-0.39, 0.29) is 24.5 Å². The first kappa shape index (κ1) is 14.9. The number of aliphatic hydroxyl groups excluding tert-OH is 1. The lowest BCUT2D eigenvalue weighted by molar-refractivity contribution is -0.128. The van der Waals surface area contributed by atoms with Crippen LogP contribution >= 0.6 is 0 Å². The molecular weight excluding hydrogens is 254 g/mol. The van der Waals surface area contributed by atoms with Crippen molar-refractivity contribution in [2.45, 2.75) is 32.8 Å². The Balaban J connectivity index is 2.08. The van der Waals surface area contributed by atoms with Gasteiger partial charge in [-0.25, -0.2) is 0 Å². The van der Waals surface area contributed by atoms with E-state index in [4.69, 9.17) is 4.74 Å². The lowest BCUT2D eigenvalue weighted by Crippen LogP contribution is -2.29. The van der Waals surface area contributed by atoms with E-state index >= 15 is 0 Å². The maximum atomic E-state index is 11.4. The van der Waals surface area contributed by atoms with Gasteiger partial charge in [-0.15, -0.1) is 0 Å². The van der Waals surface area contributed by atoms with E-state index in [0.717, 1.165) is 5.75 Å². The van der Waals surface area contributed by atoms with Crippen LogP contribution in [0, 0.1) is 5.92 Å². The molecule has 1 aromatic rings. The minimum atomic E-state index is -0.133. The molecule has 1 N–H and O–H groups in total. The average molecular weight is 277 g/mol. The van der Waals surface area contributed by atoms with Crippen LogP contribution in [0.1, 0.15) is 32.3 Å². The van der Waals surface area contributed by atoms with Crippen molar-refractivity contribution < 1.29 is 14.6 Å². The van der Waals surface area contributed by atoms with Crippen molar-refractivity contribution in [2.24, 2.45) is 5.92 Å². The normalized spacial score (nSPS) is 22.4. The number of carbonyl (C=O) groups excluding carboxylic acids is 1. The molecule has 2 rings (SSSR count). The monoisotopic (exact) mass is 277 g/mol. The van der Waals surface area contributed by atoms with E-state index in [2.05, 4.69) is 19.9 Å². The topological polar surface area (TPSA) is 49.8 Å². The van der Waals surface area contributed by atoms with Crippen LogP contribution in [-0.4, -0.2) is 41.7 Å². The zero-order valence-electron chi connectivity index (χ0n) is 12.4. The molecule has 0 bridgehead atoms. The Hall–Kier alpha value is -1.55. The molecule has 0 aliphatic carbocycles. The van der Waals surface area contributed by atoms with Gasteiger partial charge >= 0.3 is 0 Å². The maximum absolute atomic E-state index is 11.4. The molecule has 0 radical (unpaired) electrons. The minimum Gasteiger partial charge on any atom is -0.488 e. The second-order valence-corrected chi connectivity index (χ2v) is 5.75. The summed E-state index contributed by atoms with van der Waals surface area (Å²) in [6.45, 7) is 6.99. The van der Waals surface area contributed by atoms with Gasteiger partial charge in [0.25, 0.3) is 0 Å². The minimum absolute atomic E-state index is 0.0124. The van der Waals surface area contributed by atoms with Gasteiger partial charge in [-0.1, -0.05) is 26.0 Å². The molecule has 4 heteroatoms. The number of hydrogen-bond acceptors (Lipinski definition) is 3. The number of benzene rings is 1. The summed E-state index contributed by atoms with van der Waals surface area (Å²) in [5, 5.41) is 9.44. The molecular formula is C16H23NO3. The summed E-state index contributed by atoms with van der Waals surface area (Å²) < 4.78 is 6.00. The highest BCUT2D eigenvalue weighted by Gasteiger charge is 2.35. The number of nitrogens with zero attached hydrogens (tertiary/aromatic N) is 1. The van der Waals surface area contributed by atoms with E-state index in [9.17, 15) is 9.90 Å². The standard InChI is InChI=1S/C16H23NO3/c1-11(2)13-5-4-6-15(7-13)20-16-9-17(12(3)19)8-14(16)10-18/h4-7,11,14,16,18H,8-10H2,1-3H3/t14-,16?/m1/s1. The van der Waals surface area contributed by atoms with Crippen LogP contribution in [0.2, 0.25) is 0 Å². The molecule has 4 nitrogen and oxygen atoms in total. The summed E-state index contributed by atoms with van der Waals surface area (Å²) >= 11 is 0. The molecule has 0 saturated carbocycles. The van der Waals surface area contributed by atoms with Gasteiger partial charge < -0.3 is 14.7 Å². The number of ether oxygens (including phenoxy) is 1. The first-order valence-electron chi connectivity index (χ1n) is 7.14. The number of carbonyl (C=O) groups is 1. The fourth-order valence-electron chi connectivity index (χ4n) is 2.53. The SMILES string of the molecule is CC(=O)N1CC(Oc2cccc(C(C)C)c2)[C@@H](CO)C1. The average Bonchev–Trinajstić information content (AvgIpc) is 2.82. The largest absolute Gasteiger partial charge is 0.488 e. The third-order valence-corrected chi connectivity index (χ3v) is 3.87. The number of likely N-dealkylation sites (tertiary alicyclic amines) is 1. The molecule has 1 unspecified atom stereocenters. The highest BCUT2D eigenvalue weighted by Crippen LogP contribution is 2.25. The predicted octanol–water partition coefficient (Wildman–Crippen LogP) is 2.03. The summed E-state index contributed by atoms with van der Waals surface area (Å²) in [6, 6.07) is 8.03. The van der Waals surface area contributed by atoms with Crippen LogP contribution in [0.3, 0.4) is 0 Å². The van der Waals surface area contributed by atoms with Gasteiger partial charge in [-0.2, -0.15) is 0 Å². The molecule has 1 aliphatic heterocycles. The highest BCUT2D eigenvalue weighted by atomic mass is 16.5. The molecule has 1 fully saturated rings. The van der Waals surface area contributed by atoms with Gasteiger partial charge in [0, 0.05) is 19.4 Å². The van der Waals surface area contributed by atoms with Crippen LogP contribution in [0.4, 0.5) is 0 Å². The van der Waals surface area contributed by atoms with E-state index < -0.39 is 0 Å². The van der Waals surface area contributed by atoms with Crippen molar-refractivity contribution in [3.63, 3.8) is 0 Å². The van der Waals surface area contributed by atoms with Crippen LogP contribution in [0.15, 0.2) is 24.3 Å². The molecule has 110 valence electrons. The lowest BCUT2D eigenvalue weighted by Gasteiger charge is -2.19. The smallest absolute Gasteiger partial charge is 0.219 e. The maximum Gasteiger partial charge on any atom is 0.219 e. The molecule has 0 spiro atoms. The van der Waals surface area contributed by atoms with Crippen LogP contribution in [0.25, 0.3) is 0 Å². The Morgan fingerprint density at radius 3 is 2.80 bits per heavy atom. The number of aliphatic hydroxyl groups is 1. The van der Waals surface area contributed by atoms with Crippen LogP contribution in [-0.2, 0) is 4.79 Å². The molecule has 2 atom stereocenters. The fourth-order valence-corrected chi connectivity index (χ4v) is 2.53. The molecule has 1 amide bonds. The third kappa shape index (κ3) is 3.31. The van der Waals surface area contributed by atoms with Crippen molar-refractivity contribution in [3.8, 4) is 5.75 Å². The van der Waals surface area contributed by atoms with Crippen molar-refractivity contribution >= 4 is 5.91 Å². The summed E-state index contributed by atoms with van der Waals surface area (Å²) in [4.78, 5) is 13.2. The molecule has 20 heavy (non-hydrogen) atoms. The van der Waals surface area contributed by atoms with Crippen LogP contribution < -0.4 is 4.74 Å². The molecule has 1 aliphatic rings. The Labute approximate surface area is 120 Å². The zero-order valence-corrected chi connectivity index (χ0v) is 12.4. The van der Waals surface area contributed by atoms with Gasteiger partial charge in [-0.3, -0.25) is 4.79 Å². The second kappa shape index (κ2) is 6.27. The van der Waals surface area contributed by atoms with Crippen molar-refractivity contribution in [1.29, 1.82) is 0 Å². The first-order chi connectivity index (χ1) is 9.51.